The van der Waals surface area contributed by atoms with Gasteiger partial charge in [0.05, 0.1) is 0 Å². The first-order valence-corrected chi connectivity index (χ1v) is 23.7. The first kappa shape index (κ1) is 39.3. The molecule has 0 saturated heterocycles. The minimum Gasteiger partial charge on any atom is -0.0622 e. The third-order valence-corrected chi connectivity index (χ3v) is 15.0. The molecule has 0 nitrogen and oxygen atoms in total. The van der Waals surface area contributed by atoms with Gasteiger partial charge in [-0.25, -0.2) is 0 Å². The Kier molecular flexibility index (Phi) is 8.96. The van der Waals surface area contributed by atoms with Gasteiger partial charge in [0, 0.05) is 5.41 Å². The quantitative estimate of drug-likeness (QED) is 0.123. The van der Waals surface area contributed by atoms with Gasteiger partial charge in [0.15, 0.2) is 0 Å². The summed E-state index contributed by atoms with van der Waals surface area (Å²) in [5.74, 6) is 0. The Morgan fingerprint density at radius 3 is 1.42 bits per heavy atom. The summed E-state index contributed by atoms with van der Waals surface area (Å²) in [7, 11) is 0. The number of benzene rings is 12. The topological polar surface area (TPSA) is 0 Å². The molecule has 2 aliphatic rings. The molecule has 0 bridgehead atoms. The summed E-state index contributed by atoms with van der Waals surface area (Å²) in [5.41, 5.74) is 20.1. The van der Waals surface area contributed by atoms with Crippen LogP contribution in [0, 0.1) is 6.92 Å². The van der Waals surface area contributed by atoms with Gasteiger partial charge in [0.1, 0.15) is 0 Å². The molecule has 0 aliphatic heterocycles. The maximum atomic E-state index is 2.47. The van der Waals surface area contributed by atoms with E-state index < -0.39 is 0 Å². The number of rotatable bonds is 3. The summed E-state index contributed by atoms with van der Waals surface area (Å²) >= 11 is 0. The highest BCUT2D eigenvalue weighted by Crippen LogP contribution is 2.53. The van der Waals surface area contributed by atoms with Crippen molar-refractivity contribution in [3.63, 3.8) is 0 Å². The molecular weight excluding hydrogens is 805 g/mol. The van der Waals surface area contributed by atoms with Gasteiger partial charge in [-0.05, 0) is 169 Å². The smallest absolute Gasteiger partial charge is 0.0159 e. The molecule has 0 heterocycles. The van der Waals surface area contributed by atoms with E-state index in [-0.39, 0.29) is 5.41 Å². The lowest BCUT2D eigenvalue weighted by Gasteiger charge is -2.21. The number of hydrogen-bond acceptors (Lipinski definition) is 0. The maximum absolute atomic E-state index is 2.47. The van der Waals surface area contributed by atoms with Crippen LogP contribution < -0.4 is 0 Å². The fourth-order valence-electron chi connectivity index (χ4n) is 11.8. The lowest BCUT2D eigenvalue weighted by molar-refractivity contribution is 0.661. The van der Waals surface area contributed by atoms with Crippen LogP contribution in [0.4, 0.5) is 0 Å². The van der Waals surface area contributed by atoms with Crippen LogP contribution in [0.15, 0.2) is 224 Å². The van der Waals surface area contributed by atoms with E-state index in [0.717, 1.165) is 6.42 Å². The van der Waals surface area contributed by atoms with Crippen LogP contribution in [0.2, 0.25) is 0 Å². The predicted molar refractivity (Wildman–Crippen MR) is 287 cm³/mol. The molecule has 0 saturated carbocycles. The van der Waals surface area contributed by atoms with Gasteiger partial charge in [-0.15, -0.1) is 0 Å². The zero-order valence-electron chi connectivity index (χ0n) is 38.1. The van der Waals surface area contributed by atoms with Gasteiger partial charge in [-0.2, -0.15) is 0 Å². The first-order valence-electron chi connectivity index (χ1n) is 23.7. The molecular formula is C67H48. The molecule has 0 atom stereocenters. The molecule has 0 N–H and O–H groups in total. The number of aryl methyl sites for hydroxylation is 1. The van der Waals surface area contributed by atoms with Crippen LogP contribution in [-0.4, -0.2) is 0 Å². The largest absolute Gasteiger partial charge is 0.0622 e. The van der Waals surface area contributed by atoms with Crippen LogP contribution >= 0.6 is 0 Å². The standard InChI is InChI=1S/C52H36.C15H12/c1-52(2)47-26-25-35(30-46(47)51-39-15-7-6-12-32(39)24-27-48(51)52)34-20-21-36-28-37-22-23-38(31-45(37)44(36)29-34)50-42-18-10-8-16-40(42)49(33-13-4-3-5-14-33)41-17-9-11-19-43(41)50;1-11-10-12-6-2-3-8-14(12)15-9-5-4-7-13(11)15/h3-27,29-31H,28H2,1-2H3;2-10H,1H3. The van der Waals surface area contributed by atoms with Crippen molar-refractivity contribution in [1.29, 1.82) is 0 Å². The molecule has 0 amide bonds. The average molecular weight is 853 g/mol. The van der Waals surface area contributed by atoms with E-state index in [0.29, 0.717) is 0 Å². The van der Waals surface area contributed by atoms with E-state index in [1.165, 1.54) is 137 Å². The summed E-state index contributed by atoms with van der Waals surface area (Å²) in [4.78, 5) is 0. The molecule has 12 aromatic carbocycles. The van der Waals surface area contributed by atoms with Crippen molar-refractivity contribution in [3.05, 3.63) is 252 Å². The van der Waals surface area contributed by atoms with Crippen molar-refractivity contribution in [3.8, 4) is 55.6 Å². The van der Waals surface area contributed by atoms with Crippen LogP contribution in [0.3, 0.4) is 0 Å². The van der Waals surface area contributed by atoms with E-state index in [1.807, 2.05) is 0 Å². The van der Waals surface area contributed by atoms with Crippen molar-refractivity contribution in [2.75, 3.05) is 0 Å². The highest BCUT2D eigenvalue weighted by Gasteiger charge is 2.36. The fraction of sp³-hybridized carbons (Fsp3) is 0.0746. The van der Waals surface area contributed by atoms with Crippen LogP contribution in [0.1, 0.15) is 41.7 Å². The molecule has 0 aromatic heterocycles. The van der Waals surface area contributed by atoms with Gasteiger partial charge in [0.2, 0.25) is 0 Å². The van der Waals surface area contributed by atoms with Crippen molar-refractivity contribution in [2.45, 2.75) is 32.6 Å². The van der Waals surface area contributed by atoms with Crippen molar-refractivity contribution in [2.24, 2.45) is 0 Å². The highest BCUT2D eigenvalue weighted by molar-refractivity contribution is 6.21. The molecule has 2 aliphatic carbocycles. The molecule has 316 valence electrons. The van der Waals surface area contributed by atoms with Crippen molar-refractivity contribution < 1.29 is 0 Å². The Labute approximate surface area is 392 Å². The summed E-state index contributed by atoms with van der Waals surface area (Å²) in [6, 6.07) is 83.2. The molecule has 0 unspecified atom stereocenters. The molecule has 67 heavy (non-hydrogen) atoms. The average Bonchev–Trinajstić information content (AvgIpc) is 3.86. The van der Waals surface area contributed by atoms with Gasteiger partial charge in [-0.1, -0.05) is 220 Å². The summed E-state index contributed by atoms with van der Waals surface area (Å²) in [6.07, 6.45) is 0.970. The SMILES string of the molecule is CC1(C)c2ccc(-c3ccc4c(c3)-c3cc(-c5c6ccccc6c(-c6ccccc6)c6ccccc56)ccc3C4)cc2-c2c1ccc1ccccc21.Cc1cc2ccccc2c2ccccc12. The Morgan fingerprint density at radius 1 is 0.299 bits per heavy atom. The normalized spacial score (nSPS) is 13.1. The van der Waals surface area contributed by atoms with Crippen molar-refractivity contribution in [1.82, 2.24) is 0 Å². The predicted octanol–water partition coefficient (Wildman–Crippen LogP) is 18.3. The second kappa shape index (κ2) is 15.3. The highest BCUT2D eigenvalue weighted by atomic mass is 14.4. The second-order valence-electron chi connectivity index (χ2n) is 19.2. The summed E-state index contributed by atoms with van der Waals surface area (Å²) in [6.45, 7) is 6.92. The zero-order valence-corrected chi connectivity index (χ0v) is 38.1. The second-order valence-corrected chi connectivity index (χ2v) is 19.2. The first-order chi connectivity index (χ1) is 32.9. The third kappa shape index (κ3) is 6.20. The minimum absolute atomic E-state index is 0.0336. The lowest BCUT2D eigenvalue weighted by atomic mass is 9.82. The van der Waals surface area contributed by atoms with Crippen LogP contribution in [0.5, 0.6) is 0 Å². The fourth-order valence-corrected chi connectivity index (χ4v) is 11.8. The summed E-state index contributed by atoms with van der Waals surface area (Å²) < 4.78 is 0. The molecule has 14 rings (SSSR count). The van der Waals surface area contributed by atoms with E-state index >= 15 is 0 Å². The van der Waals surface area contributed by atoms with Gasteiger partial charge < -0.3 is 0 Å². The molecule has 12 aromatic rings. The van der Waals surface area contributed by atoms with Gasteiger partial charge in [-0.3, -0.25) is 0 Å². The monoisotopic (exact) mass is 852 g/mol. The number of fused-ring (bicyclic) bond motifs is 13. The maximum Gasteiger partial charge on any atom is 0.0159 e. The van der Waals surface area contributed by atoms with Gasteiger partial charge in [0.25, 0.3) is 0 Å². The third-order valence-electron chi connectivity index (χ3n) is 15.0. The van der Waals surface area contributed by atoms with E-state index in [9.17, 15) is 0 Å². The molecule has 0 fully saturated rings. The van der Waals surface area contributed by atoms with Gasteiger partial charge >= 0.3 is 0 Å². The number of hydrogen-bond donors (Lipinski definition) is 0. The van der Waals surface area contributed by atoms with Crippen molar-refractivity contribution >= 4 is 53.9 Å². The Morgan fingerprint density at radius 2 is 0.761 bits per heavy atom. The Bertz CT molecular complexity index is 3920. The van der Waals surface area contributed by atoms with E-state index in [2.05, 4.69) is 245 Å². The van der Waals surface area contributed by atoms with Crippen LogP contribution in [0.25, 0.3) is 109 Å². The van der Waals surface area contributed by atoms with E-state index in [4.69, 9.17) is 0 Å². The van der Waals surface area contributed by atoms with Crippen LogP contribution in [-0.2, 0) is 11.8 Å². The van der Waals surface area contributed by atoms with E-state index in [1.54, 1.807) is 0 Å². The zero-order chi connectivity index (χ0) is 44.8. The minimum atomic E-state index is -0.0336. The molecule has 0 radical (unpaired) electrons. The lowest BCUT2D eigenvalue weighted by Crippen LogP contribution is -2.14. The molecule has 0 spiro atoms. The Balaban J connectivity index is 0.000000252. The Hall–Kier alpha value is -8.06. The summed E-state index contributed by atoms with van der Waals surface area (Å²) in [5, 5.41) is 13.2. The molecule has 0 heteroatoms.